The summed E-state index contributed by atoms with van der Waals surface area (Å²) in [6, 6.07) is 13.1. The highest BCUT2D eigenvalue weighted by Crippen LogP contribution is 2.16. The molecule has 162 valence electrons. The maximum atomic E-state index is 12.9. The Bertz CT molecular complexity index is 1110. The highest BCUT2D eigenvalue weighted by Gasteiger charge is 2.13. The van der Waals surface area contributed by atoms with E-state index in [1.807, 2.05) is 81.9 Å². The summed E-state index contributed by atoms with van der Waals surface area (Å²) in [7, 11) is 3.53. The topological polar surface area (TPSA) is 80.5 Å². The summed E-state index contributed by atoms with van der Waals surface area (Å²) in [6.07, 6.45) is 0. The Balaban J connectivity index is 1.86. The number of benzene rings is 2. The first-order valence-corrected chi connectivity index (χ1v) is 10.1. The minimum absolute atomic E-state index is 0.220. The van der Waals surface area contributed by atoms with Crippen LogP contribution in [0.15, 0.2) is 47.5 Å². The SMILES string of the molecule is COc1ccc(NC(=NCc2c(C)nn(C)c2C)NC(=O)c2ccc(C)c(C)c2)cc1. The Morgan fingerprint density at radius 3 is 2.35 bits per heavy atom. The number of ether oxygens (including phenoxy) is 1. The summed E-state index contributed by atoms with van der Waals surface area (Å²) in [5, 5.41) is 10.6. The molecular formula is C24H29N5O2. The molecular weight excluding hydrogens is 390 g/mol. The molecule has 0 fully saturated rings. The second-order valence-corrected chi connectivity index (χ2v) is 7.54. The van der Waals surface area contributed by atoms with E-state index in [1.165, 1.54) is 0 Å². The first-order valence-electron chi connectivity index (χ1n) is 10.1. The molecule has 0 saturated carbocycles. The van der Waals surface area contributed by atoms with E-state index in [2.05, 4.69) is 20.7 Å². The van der Waals surface area contributed by atoms with Crippen LogP contribution in [0.5, 0.6) is 5.75 Å². The number of amides is 1. The van der Waals surface area contributed by atoms with Gasteiger partial charge in [0.15, 0.2) is 0 Å². The van der Waals surface area contributed by atoms with Crippen molar-refractivity contribution in [2.24, 2.45) is 12.0 Å². The zero-order valence-corrected chi connectivity index (χ0v) is 18.9. The summed E-state index contributed by atoms with van der Waals surface area (Å²) >= 11 is 0. The van der Waals surface area contributed by atoms with E-state index in [-0.39, 0.29) is 5.91 Å². The summed E-state index contributed by atoms with van der Waals surface area (Å²) in [4.78, 5) is 17.6. The van der Waals surface area contributed by atoms with Crippen LogP contribution in [0.25, 0.3) is 0 Å². The molecule has 3 aromatic rings. The Labute approximate surface area is 183 Å². The molecule has 2 aromatic carbocycles. The smallest absolute Gasteiger partial charge is 0.257 e. The lowest BCUT2D eigenvalue weighted by atomic mass is 10.1. The second-order valence-electron chi connectivity index (χ2n) is 7.54. The van der Waals surface area contributed by atoms with Gasteiger partial charge in [0.05, 0.1) is 19.3 Å². The summed E-state index contributed by atoms with van der Waals surface area (Å²) in [5.41, 5.74) is 6.59. The van der Waals surface area contributed by atoms with Crippen molar-refractivity contribution >= 4 is 17.6 Å². The molecule has 0 spiro atoms. The molecule has 0 unspecified atom stereocenters. The number of hydrogen-bond acceptors (Lipinski definition) is 4. The molecule has 7 nitrogen and oxygen atoms in total. The number of hydrogen-bond donors (Lipinski definition) is 2. The van der Waals surface area contributed by atoms with Crippen LogP contribution in [0, 0.1) is 27.7 Å². The normalized spacial score (nSPS) is 11.4. The Morgan fingerprint density at radius 1 is 1.06 bits per heavy atom. The van der Waals surface area contributed by atoms with Crippen LogP contribution in [-0.2, 0) is 13.6 Å². The van der Waals surface area contributed by atoms with Crippen LogP contribution in [0.2, 0.25) is 0 Å². The van der Waals surface area contributed by atoms with Crippen LogP contribution in [0.1, 0.15) is 38.4 Å². The van der Waals surface area contributed by atoms with Crippen LogP contribution < -0.4 is 15.4 Å². The van der Waals surface area contributed by atoms with Gasteiger partial charge in [0.25, 0.3) is 5.91 Å². The lowest BCUT2D eigenvalue weighted by Crippen LogP contribution is -2.36. The average molecular weight is 420 g/mol. The highest BCUT2D eigenvalue weighted by molar-refractivity contribution is 6.10. The van der Waals surface area contributed by atoms with Crippen LogP contribution >= 0.6 is 0 Å². The Morgan fingerprint density at radius 2 is 1.77 bits per heavy atom. The number of nitrogens with zero attached hydrogens (tertiary/aromatic N) is 3. The van der Waals surface area contributed by atoms with E-state index >= 15 is 0 Å². The number of rotatable bonds is 5. The molecule has 1 amide bonds. The van der Waals surface area contributed by atoms with Crippen molar-refractivity contribution in [1.29, 1.82) is 0 Å². The van der Waals surface area contributed by atoms with Crippen molar-refractivity contribution in [3.63, 3.8) is 0 Å². The van der Waals surface area contributed by atoms with E-state index in [0.29, 0.717) is 18.1 Å². The Kier molecular flexibility index (Phi) is 6.74. The van der Waals surface area contributed by atoms with Crippen molar-refractivity contribution in [2.75, 3.05) is 12.4 Å². The Hall–Kier alpha value is -3.61. The largest absolute Gasteiger partial charge is 0.497 e. The fourth-order valence-corrected chi connectivity index (χ4v) is 3.19. The summed E-state index contributed by atoms with van der Waals surface area (Å²) in [5.74, 6) is 0.906. The quantitative estimate of drug-likeness (QED) is 0.483. The average Bonchev–Trinajstić information content (AvgIpc) is 2.99. The predicted octanol–water partition coefficient (Wildman–Crippen LogP) is 4.06. The molecule has 7 heteroatoms. The number of aryl methyl sites for hydroxylation is 4. The number of carbonyl (C=O) groups is 1. The molecule has 1 aromatic heterocycles. The number of anilines is 1. The number of aromatic nitrogens is 2. The van der Waals surface area contributed by atoms with Gasteiger partial charge in [0, 0.05) is 29.6 Å². The highest BCUT2D eigenvalue weighted by atomic mass is 16.5. The van der Waals surface area contributed by atoms with Crippen LogP contribution in [0.3, 0.4) is 0 Å². The van der Waals surface area contributed by atoms with Gasteiger partial charge < -0.3 is 10.1 Å². The van der Waals surface area contributed by atoms with E-state index < -0.39 is 0 Å². The van der Waals surface area contributed by atoms with Gasteiger partial charge in [-0.25, -0.2) is 4.99 Å². The van der Waals surface area contributed by atoms with E-state index in [4.69, 9.17) is 4.74 Å². The number of methoxy groups -OCH3 is 1. The third-order valence-corrected chi connectivity index (χ3v) is 5.41. The van der Waals surface area contributed by atoms with Gasteiger partial charge in [0.2, 0.25) is 5.96 Å². The molecule has 2 N–H and O–H groups in total. The maximum absolute atomic E-state index is 12.9. The molecule has 0 aliphatic heterocycles. The van der Waals surface area contributed by atoms with E-state index in [0.717, 1.165) is 39.5 Å². The zero-order chi connectivity index (χ0) is 22.5. The van der Waals surface area contributed by atoms with Gasteiger partial charge in [-0.2, -0.15) is 5.10 Å². The lowest BCUT2D eigenvalue weighted by molar-refractivity contribution is 0.0977. The predicted molar refractivity (Wildman–Crippen MR) is 124 cm³/mol. The van der Waals surface area contributed by atoms with Gasteiger partial charge in [-0.15, -0.1) is 0 Å². The van der Waals surface area contributed by atoms with Crippen molar-refractivity contribution in [3.8, 4) is 5.75 Å². The number of guanidine groups is 1. The minimum atomic E-state index is -0.220. The fraction of sp³-hybridized carbons (Fsp3) is 0.292. The van der Waals surface area contributed by atoms with Crippen molar-refractivity contribution in [3.05, 3.63) is 76.1 Å². The molecule has 1 heterocycles. The molecule has 0 atom stereocenters. The molecule has 0 radical (unpaired) electrons. The first-order chi connectivity index (χ1) is 14.8. The summed E-state index contributed by atoms with van der Waals surface area (Å²) < 4.78 is 7.05. The van der Waals surface area contributed by atoms with E-state index in [9.17, 15) is 4.79 Å². The first kappa shape index (κ1) is 22.1. The number of carbonyl (C=O) groups excluding carboxylic acids is 1. The van der Waals surface area contributed by atoms with Crippen LogP contribution in [0.4, 0.5) is 5.69 Å². The molecule has 0 saturated heterocycles. The summed E-state index contributed by atoms with van der Waals surface area (Å²) in [6.45, 7) is 8.38. The third-order valence-electron chi connectivity index (χ3n) is 5.41. The number of nitrogens with one attached hydrogen (secondary N) is 2. The van der Waals surface area contributed by atoms with E-state index in [1.54, 1.807) is 7.11 Å². The minimum Gasteiger partial charge on any atom is -0.497 e. The van der Waals surface area contributed by atoms with Gasteiger partial charge in [-0.05, 0) is 75.2 Å². The zero-order valence-electron chi connectivity index (χ0n) is 18.9. The third kappa shape index (κ3) is 5.31. The van der Waals surface area contributed by atoms with Crippen LogP contribution in [-0.4, -0.2) is 28.8 Å². The maximum Gasteiger partial charge on any atom is 0.257 e. The lowest BCUT2D eigenvalue weighted by Gasteiger charge is -2.13. The fourth-order valence-electron chi connectivity index (χ4n) is 3.19. The monoisotopic (exact) mass is 419 g/mol. The van der Waals surface area contributed by atoms with Gasteiger partial charge in [-0.1, -0.05) is 6.07 Å². The standard InChI is InChI=1S/C24H29N5O2/c1-15-7-8-19(13-16(15)2)23(30)27-24(26-20-9-11-21(31-6)12-10-20)25-14-22-17(3)28-29(5)18(22)4/h7-13H,14H2,1-6H3,(H2,25,26,27,30). The molecule has 0 aliphatic rings. The molecule has 3 rings (SSSR count). The second kappa shape index (κ2) is 9.47. The van der Waals surface area contributed by atoms with Crippen molar-refractivity contribution < 1.29 is 9.53 Å². The van der Waals surface area contributed by atoms with Gasteiger partial charge >= 0.3 is 0 Å². The van der Waals surface area contributed by atoms with Crippen molar-refractivity contribution in [1.82, 2.24) is 15.1 Å². The van der Waals surface area contributed by atoms with Crippen molar-refractivity contribution in [2.45, 2.75) is 34.2 Å². The molecule has 0 bridgehead atoms. The molecule has 0 aliphatic carbocycles. The van der Waals surface area contributed by atoms with Gasteiger partial charge in [0.1, 0.15) is 5.75 Å². The molecule has 31 heavy (non-hydrogen) atoms. The van der Waals surface area contributed by atoms with Gasteiger partial charge in [-0.3, -0.25) is 14.8 Å². The number of aliphatic imine (C=N–C) groups is 1.